The number of H-pyrrole nitrogens is 1. The zero-order chi connectivity index (χ0) is 13.3. The molecule has 2 rings (SSSR count). The van der Waals surface area contributed by atoms with E-state index in [4.69, 9.17) is 0 Å². The van der Waals surface area contributed by atoms with Crippen LogP contribution in [0, 0.1) is 5.92 Å². The highest BCUT2D eigenvalue weighted by Crippen LogP contribution is 2.15. The summed E-state index contributed by atoms with van der Waals surface area (Å²) in [7, 11) is 0. The molecule has 0 amide bonds. The number of Topliss-reactive ketones (excluding diaryl/α,β-unsaturated/α-hetero) is 1. The van der Waals surface area contributed by atoms with Crippen LogP contribution in [0.3, 0.4) is 0 Å². The summed E-state index contributed by atoms with van der Waals surface area (Å²) >= 11 is 0. The third-order valence-electron chi connectivity index (χ3n) is 2.54. The Hall–Kier alpha value is -1.91. The molecule has 0 aromatic carbocycles. The molecule has 0 saturated heterocycles. The number of anilines is 1. The summed E-state index contributed by atoms with van der Waals surface area (Å²) in [6.07, 6.45) is 0. The van der Waals surface area contributed by atoms with Crippen LogP contribution in [0.25, 0.3) is 11.2 Å². The maximum Gasteiger partial charge on any atom is 0.200 e. The van der Waals surface area contributed by atoms with Gasteiger partial charge in [0.2, 0.25) is 5.78 Å². The molecule has 0 unspecified atom stereocenters. The molecule has 0 bridgehead atoms. The topological polar surface area (TPSA) is 70.7 Å². The molecule has 0 saturated carbocycles. The van der Waals surface area contributed by atoms with E-state index in [9.17, 15) is 4.79 Å². The van der Waals surface area contributed by atoms with Crippen molar-refractivity contribution >= 4 is 22.8 Å². The quantitative estimate of drug-likeness (QED) is 0.813. The van der Waals surface area contributed by atoms with Crippen molar-refractivity contribution in [3.05, 3.63) is 18.0 Å². The van der Waals surface area contributed by atoms with Gasteiger partial charge in [0.05, 0.1) is 5.52 Å². The average molecular weight is 246 g/mol. The average Bonchev–Trinajstić information content (AvgIpc) is 2.69. The van der Waals surface area contributed by atoms with Gasteiger partial charge >= 0.3 is 0 Å². The Balaban J connectivity index is 2.36. The van der Waals surface area contributed by atoms with Crippen LogP contribution in [0.2, 0.25) is 0 Å². The number of nitrogens with zero attached hydrogens (tertiary/aromatic N) is 2. The normalized spacial score (nSPS) is 11.4. The third-order valence-corrected chi connectivity index (χ3v) is 2.54. The number of nitrogens with one attached hydrogen (secondary N) is 2. The number of ketones is 1. The van der Waals surface area contributed by atoms with Gasteiger partial charge in [0.1, 0.15) is 5.82 Å². The van der Waals surface area contributed by atoms with Gasteiger partial charge in [-0.2, -0.15) is 0 Å². The summed E-state index contributed by atoms with van der Waals surface area (Å²) < 4.78 is 0. The molecule has 0 aliphatic heterocycles. The lowest BCUT2D eigenvalue weighted by molar-refractivity contribution is 0.0930. The molecular formula is C13H18N4O. The number of fused-ring (bicyclic) bond motifs is 1. The van der Waals surface area contributed by atoms with Crippen LogP contribution >= 0.6 is 0 Å². The number of carbonyl (C=O) groups is 1. The number of aromatic amines is 1. The van der Waals surface area contributed by atoms with Gasteiger partial charge in [0.25, 0.3) is 0 Å². The van der Waals surface area contributed by atoms with Crippen molar-refractivity contribution in [2.24, 2.45) is 5.92 Å². The number of pyridine rings is 1. The van der Waals surface area contributed by atoms with E-state index < -0.39 is 0 Å². The molecule has 96 valence electrons. The van der Waals surface area contributed by atoms with E-state index in [-0.39, 0.29) is 11.7 Å². The minimum absolute atomic E-state index is 0.00590. The predicted octanol–water partition coefficient (Wildman–Crippen LogP) is 2.62. The summed E-state index contributed by atoms with van der Waals surface area (Å²) in [6, 6.07) is 4.08. The van der Waals surface area contributed by atoms with Gasteiger partial charge in [-0.25, -0.2) is 9.97 Å². The predicted molar refractivity (Wildman–Crippen MR) is 71.8 cm³/mol. The van der Waals surface area contributed by atoms with E-state index in [2.05, 4.69) is 20.3 Å². The molecule has 2 heterocycles. The highest BCUT2D eigenvalue weighted by atomic mass is 16.1. The molecule has 2 aromatic rings. The van der Waals surface area contributed by atoms with Gasteiger partial charge in [0.15, 0.2) is 11.5 Å². The molecule has 0 atom stereocenters. The molecule has 0 fully saturated rings. The zero-order valence-corrected chi connectivity index (χ0v) is 11.1. The van der Waals surface area contributed by atoms with Crippen molar-refractivity contribution in [1.82, 2.24) is 15.0 Å². The SMILES string of the molecule is CC(C)Nc1ccc2[nH]c(C(=O)C(C)C)nc2n1. The molecule has 5 nitrogen and oxygen atoms in total. The second kappa shape index (κ2) is 4.76. The summed E-state index contributed by atoms with van der Waals surface area (Å²) in [5.41, 5.74) is 1.36. The summed E-state index contributed by atoms with van der Waals surface area (Å²) in [4.78, 5) is 23.5. The van der Waals surface area contributed by atoms with Gasteiger partial charge < -0.3 is 10.3 Å². The van der Waals surface area contributed by atoms with E-state index in [0.717, 1.165) is 11.3 Å². The van der Waals surface area contributed by atoms with E-state index in [1.165, 1.54) is 0 Å². The van der Waals surface area contributed by atoms with Crippen molar-refractivity contribution in [3.63, 3.8) is 0 Å². The Morgan fingerprint density at radius 3 is 2.56 bits per heavy atom. The minimum atomic E-state index is -0.0705. The monoisotopic (exact) mass is 246 g/mol. The van der Waals surface area contributed by atoms with Gasteiger partial charge in [0, 0.05) is 12.0 Å². The van der Waals surface area contributed by atoms with Crippen molar-refractivity contribution in [1.29, 1.82) is 0 Å². The lowest BCUT2D eigenvalue weighted by Gasteiger charge is -2.07. The third kappa shape index (κ3) is 2.50. The second-order valence-corrected chi connectivity index (χ2v) is 4.97. The highest BCUT2D eigenvalue weighted by Gasteiger charge is 2.15. The number of rotatable bonds is 4. The standard InChI is InChI=1S/C13H18N4O/c1-7(2)11(18)13-15-9-5-6-10(14-8(3)4)16-12(9)17-13/h5-8H,1-4H3,(H2,14,15,16,17). The first-order valence-corrected chi connectivity index (χ1v) is 6.15. The van der Waals surface area contributed by atoms with Crippen LogP contribution in [-0.2, 0) is 0 Å². The molecule has 5 heteroatoms. The lowest BCUT2D eigenvalue weighted by atomic mass is 10.1. The van der Waals surface area contributed by atoms with Crippen LogP contribution < -0.4 is 5.32 Å². The summed E-state index contributed by atoms with van der Waals surface area (Å²) in [6.45, 7) is 7.80. The minimum Gasteiger partial charge on any atom is -0.368 e. The van der Waals surface area contributed by atoms with Crippen LogP contribution in [0.5, 0.6) is 0 Å². The summed E-state index contributed by atoms with van der Waals surface area (Å²) in [5, 5.41) is 3.21. The highest BCUT2D eigenvalue weighted by molar-refractivity contribution is 5.96. The van der Waals surface area contributed by atoms with Crippen molar-refractivity contribution in [2.75, 3.05) is 5.32 Å². The molecule has 2 aromatic heterocycles. The summed E-state index contributed by atoms with van der Waals surface area (Å²) in [5.74, 6) is 1.09. The van der Waals surface area contributed by atoms with Crippen molar-refractivity contribution < 1.29 is 4.79 Å². The molecule has 0 aliphatic rings. The number of imidazole rings is 1. The smallest absolute Gasteiger partial charge is 0.200 e. The fourth-order valence-electron chi connectivity index (χ4n) is 1.66. The fourth-order valence-corrected chi connectivity index (χ4v) is 1.66. The number of aromatic nitrogens is 3. The molecule has 0 radical (unpaired) electrons. The van der Waals surface area contributed by atoms with Gasteiger partial charge in [-0.3, -0.25) is 4.79 Å². The lowest BCUT2D eigenvalue weighted by Crippen LogP contribution is -2.10. The van der Waals surface area contributed by atoms with Gasteiger partial charge in [-0.15, -0.1) is 0 Å². The van der Waals surface area contributed by atoms with Gasteiger partial charge in [-0.1, -0.05) is 13.8 Å². The van der Waals surface area contributed by atoms with Gasteiger partial charge in [-0.05, 0) is 26.0 Å². The fraction of sp³-hybridized carbons (Fsp3) is 0.462. The Bertz CT molecular complexity index is 571. The molecule has 0 spiro atoms. The van der Waals surface area contributed by atoms with Crippen LogP contribution in [-0.4, -0.2) is 26.8 Å². The molecule has 0 aliphatic carbocycles. The Morgan fingerprint density at radius 1 is 1.22 bits per heavy atom. The first-order chi connectivity index (χ1) is 8.47. The van der Waals surface area contributed by atoms with Crippen LogP contribution in [0.15, 0.2) is 12.1 Å². The number of carbonyl (C=O) groups excluding carboxylic acids is 1. The molecule has 2 N–H and O–H groups in total. The maximum atomic E-state index is 11.8. The second-order valence-electron chi connectivity index (χ2n) is 4.97. The number of hydrogen-bond donors (Lipinski definition) is 2. The van der Waals surface area contributed by atoms with E-state index >= 15 is 0 Å². The number of hydrogen-bond acceptors (Lipinski definition) is 4. The molecule has 18 heavy (non-hydrogen) atoms. The first-order valence-electron chi connectivity index (χ1n) is 6.15. The van der Waals surface area contributed by atoms with Crippen LogP contribution in [0.1, 0.15) is 38.3 Å². The largest absolute Gasteiger partial charge is 0.368 e. The van der Waals surface area contributed by atoms with E-state index in [1.807, 2.05) is 39.8 Å². The maximum absolute atomic E-state index is 11.8. The Kier molecular flexibility index (Phi) is 3.32. The first kappa shape index (κ1) is 12.5. The van der Waals surface area contributed by atoms with Crippen molar-refractivity contribution in [2.45, 2.75) is 33.7 Å². The van der Waals surface area contributed by atoms with Crippen molar-refractivity contribution in [3.8, 4) is 0 Å². The van der Waals surface area contributed by atoms with E-state index in [0.29, 0.717) is 17.5 Å². The Morgan fingerprint density at radius 2 is 1.94 bits per heavy atom. The zero-order valence-electron chi connectivity index (χ0n) is 11.1. The molecular weight excluding hydrogens is 228 g/mol. The van der Waals surface area contributed by atoms with E-state index in [1.54, 1.807) is 0 Å². The van der Waals surface area contributed by atoms with Crippen LogP contribution in [0.4, 0.5) is 5.82 Å². The Labute approximate surface area is 106 Å².